The lowest BCUT2D eigenvalue weighted by molar-refractivity contribution is 0.662. The van der Waals surface area contributed by atoms with Gasteiger partial charge in [0.2, 0.25) is 0 Å². The van der Waals surface area contributed by atoms with E-state index >= 15 is 0 Å². The molecule has 0 amide bonds. The summed E-state index contributed by atoms with van der Waals surface area (Å²) in [6, 6.07) is 8.30. The fourth-order valence-corrected chi connectivity index (χ4v) is 3.65. The van der Waals surface area contributed by atoms with Crippen molar-refractivity contribution >= 4 is 17.3 Å². The molecule has 3 aliphatic rings. The van der Waals surface area contributed by atoms with Crippen LogP contribution >= 0.6 is 11.6 Å². The molecule has 0 bridgehead atoms. The van der Waals surface area contributed by atoms with E-state index in [-0.39, 0.29) is 0 Å². The summed E-state index contributed by atoms with van der Waals surface area (Å²) in [7, 11) is 0. The van der Waals surface area contributed by atoms with E-state index in [4.69, 9.17) is 16.6 Å². The number of hydrogen-bond donors (Lipinski definition) is 1. The summed E-state index contributed by atoms with van der Waals surface area (Å²) in [6.45, 7) is 2.07. The molecule has 0 spiro atoms. The number of allylic oxidation sites excluding steroid dienone is 2. The smallest absolute Gasteiger partial charge is 0.0408 e. The predicted octanol–water partition coefficient (Wildman–Crippen LogP) is 3.78. The molecule has 2 fully saturated rings. The van der Waals surface area contributed by atoms with Gasteiger partial charge in [0, 0.05) is 53.7 Å². The van der Waals surface area contributed by atoms with Crippen LogP contribution in [0, 0.1) is 11.8 Å². The number of nitrogens with zero attached hydrogens (tertiary/aromatic N) is 1. The van der Waals surface area contributed by atoms with Crippen molar-refractivity contribution in [1.82, 2.24) is 5.32 Å². The van der Waals surface area contributed by atoms with Gasteiger partial charge in [-0.15, -0.1) is 0 Å². The third-order valence-corrected chi connectivity index (χ3v) is 4.94. The highest BCUT2D eigenvalue weighted by atomic mass is 35.5. The van der Waals surface area contributed by atoms with E-state index in [2.05, 4.69) is 29.6 Å². The SMILES string of the molecule is Clc1cccc(C2CNCC2C2=NC(C3CC3)=CC2)c1. The highest BCUT2D eigenvalue weighted by Gasteiger charge is 2.35. The first-order chi connectivity index (χ1) is 9.81. The Hall–Kier alpha value is -1.12. The summed E-state index contributed by atoms with van der Waals surface area (Å²) in [6.07, 6.45) is 6.07. The fraction of sp³-hybridized carbons (Fsp3) is 0.471. The summed E-state index contributed by atoms with van der Waals surface area (Å²) >= 11 is 6.14. The number of halogens is 1. The van der Waals surface area contributed by atoms with Crippen LogP contribution in [-0.2, 0) is 0 Å². The van der Waals surface area contributed by atoms with E-state index in [0.717, 1.165) is 30.5 Å². The minimum absolute atomic E-state index is 0.513. The maximum absolute atomic E-state index is 6.14. The first kappa shape index (κ1) is 12.6. The monoisotopic (exact) mass is 286 g/mol. The minimum atomic E-state index is 0.513. The molecular weight excluding hydrogens is 268 g/mol. The van der Waals surface area contributed by atoms with Gasteiger partial charge in [0.25, 0.3) is 0 Å². The lowest BCUT2D eigenvalue weighted by Gasteiger charge is -2.19. The second-order valence-corrected chi connectivity index (χ2v) is 6.57. The second-order valence-electron chi connectivity index (χ2n) is 6.14. The third-order valence-electron chi connectivity index (χ3n) is 4.71. The lowest BCUT2D eigenvalue weighted by Crippen LogP contribution is -2.20. The quantitative estimate of drug-likeness (QED) is 0.898. The molecule has 0 aromatic heterocycles. The minimum Gasteiger partial charge on any atom is -0.315 e. The first-order valence-corrected chi connectivity index (χ1v) is 7.93. The predicted molar refractivity (Wildman–Crippen MR) is 83.4 cm³/mol. The van der Waals surface area contributed by atoms with Gasteiger partial charge in [0.1, 0.15) is 0 Å². The number of benzene rings is 1. The van der Waals surface area contributed by atoms with Crippen molar-refractivity contribution in [3.05, 3.63) is 46.6 Å². The zero-order valence-corrected chi connectivity index (χ0v) is 12.2. The molecule has 2 aliphatic heterocycles. The Bertz CT molecular complexity index is 586. The van der Waals surface area contributed by atoms with E-state index < -0.39 is 0 Å². The van der Waals surface area contributed by atoms with Crippen molar-refractivity contribution in [2.24, 2.45) is 16.8 Å². The zero-order chi connectivity index (χ0) is 13.5. The molecule has 20 heavy (non-hydrogen) atoms. The van der Waals surface area contributed by atoms with Gasteiger partial charge in [0.05, 0.1) is 0 Å². The van der Waals surface area contributed by atoms with Crippen LogP contribution in [0.1, 0.15) is 30.7 Å². The van der Waals surface area contributed by atoms with Crippen LogP contribution in [0.3, 0.4) is 0 Å². The zero-order valence-electron chi connectivity index (χ0n) is 11.5. The summed E-state index contributed by atoms with van der Waals surface area (Å²) in [4.78, 5) is 4.94. The standard InChI is InChI=1S/C17H19ClN2/c18-13-3-1-2-12(8-13)14-9-19-10-15(14)17-7-6-16(20-17)11-4-5-11/h1-3,6,8,11,14-15,19H,4-5,7,9-10H2. The van der Waals surface area contributed by atoms with Gasteiger partial charge in [-0.3, -0.25) is 4.99 Å². The van der Waals surface area contributed by atoms with Gasteiger partial charge in [-0.05, 0) is 30.5 Å². The van der Waals surface area contributed by atoms with Crippen molar-refractivity contribution in [2.45, 2.75) is 25.2 Å². The number of aliphatic imine (C=N–C) groups is 1. The van der Waals surface area contributed by atoms with Crippen LogP contribution in [0.15, 0.2) is 41.0 Å². The van der Waals surface area contributed by atoms with E-state index in [0.29, 0.717) is 11.8 Å². The first-order valence-electron chi connectivity index (χ1n) is 7.55. The van der Waals surface area contributed by atoms with E-state index in [1.165, 1.54) is 29.8 Å². The molecule has 1 saturated heterocycles. The summed E-state index contributed by atoms with van der Waals surface area (Å²) in [5.41, 5.74) is 4.08. The Morgan fingerprint density at radius 1 is 1.15 bits per heavy atom. The Kier molecular flexibility index (Phi) is 3.16. The number of rotatable bonds is 3. The molecule has 1 aromatic rings. The van der Waals surface area contributed by atoms with Gasteiger partial charge in [-0.1, -0.05) is 29.8 Å². The molecule has 1 saturated carbocycles. The molecular formula is C17H19ClN2. The van der Waals surface area contributed by atoms with Crippen LogP contribution in [0.5, 0.6) is 0 Å². The van der Waals surface area contributed by atoms with Crippen molar-refractivity contribution in [3.8, 4) is 0 Å². The van der Waals surface area contributed by atoms with Crippen LogP contribution in [0.4, 0.5) is 0 Å². The molecule has 104 valence electrons. The van der Waals surface area contributed by atoms with Crippen LogP contribution in [0.2, 0.25) is 5.02 Å². The molecule has 3 heteroatoms. The summed E-state index contributed by atoms with van der Waals surface area (Å²) in [5.74, 6) is 1.81. The number of hydrogen-bond acceptors (Lipinski definition) is 2. The van der Waals surface area contributed by atoms with Gasteiger partial charge in [-0.25, -0.2) is 0 Å². The Morgan fingerprint density at radius 3 is 2.80 bits per heavy atom. The van der Waals surface area contributed by atoms with Crippen LogP contribution < -0.4 is 5.32 Å². The topological polar surface area (TPSA) is 24.4 Å². The maximum atomic E-state index is 6.14. The molecule has 0 radical (unpaired) electrons. The molecule has 2 unspecified atom stereocenters. The Morgan fingerprint density at radius 2 is 2.00 bits per heavy atom. The van der Waals surface area contributed by atoms with Crippen molar-refractivity contribution in [2.75, 3.05) is 13.1 Å². The fourth-order valence-electron chi connectivity index (χ4n) is 3.45. The normalized spacial score (nSPS) is 29.4. The molecule has 2 heterocycles. The van der Waals surface area contributed by atoms with Crippen molar-refractivity contribution in [3.63, 3.8) is 0 Å². The lowest BCUT2D eigenvalue weighted by atomic mass is 9.85. The maximum Gasteiger partial charge on any atom is 0.0408 e. The summed E-state index contributed by atoms with van der Waals surface area (Å²) in [5, 5.41) is 4.36. The average Bonchev–Trinajstić information content (AvgIpc) is 3.01. The van der Waals surface area contributed by atoms with Gasteiger partial charge < -0.3 is 5.32 Å². The summed E-state index contributed by atoms with van der Waals surface area (Å²) < 4.78 is 0. The molecule has 1 aliphatic carbocycles. The number of nitrogens with one attached hydrogen (secondary N) is 1. The average molecular weight is 287 g/mol. The highest BCUT2D eigenvalue weighted by molar-refractivity contribution is 6.30. The van der Waals surface area contributed by atoms with Crippen molar-refractivity contribution < 1.29 is 0 Å². The third kappa shape index (κ3) is 2.32. The van der Waals surface area contributed by atoms with Crippen LogP contribution in [0.25, 0.3) is 0 Å². The molecule has 1 aromatic carbocycles. The molecule has 2 atom stereocenters. The van der Waals surface area contributed by atoms with E-state index in [1.54, 1.807) is 0 Å². The second kappa shape index (κ2) is 5.01. The van der Waals surface area contributed by atoms with Crippen molar-refractivity contribution in [1.29, 1.82) is 0 Å². The highest BCUT2D eigenvalue weighted by Crippen LogP contribution is 2.41. The largest absolute Gasteiger partial charge is 0.315 e. The van der Waals surface area contributed by atoms with Crippen LogP contribution in [-0.4, -0.2) is 18.8 Å². The molecule has 1 N–H and O–H groups in total. The molecule has 2 nitrogen and oxygen atoms in total. The Balaban J connectivity index is 1.57. The van der Waals surface area contributed by atoms with Gasteiger partial charge >= 0.3 is 0 Å². The van der Waals surface area contributed by atoms with E-state index in [9.17, 15) is 0 Å². The van der Waals surface area contributed by atoms with Gasteiger partial charge in [-0.2, -0.15) is 0 Å². The van der Waals surface area contributed by atoms with E-state index in [1.807, 2.05) is 6.07 Å². The van der Waals surface area contributed by atoms with Gasteiger partial charge in [0.15, 0.2) is 0 Å². The Labute approximate surface area is 124 Å². The molecule has 4 rings (SSSR count).